The van der Waals surface area contributed by atoms with E-state index in [2.05, 4.69) is 19.1 Å². The van der Waals surface area contributed by atoms with Crippen LogP contribution in [0.4, 0.5) is 0 Å². The van der Waals surface area contributed by atoms with Crippen molar-refractivity contribution < 1.29 is 5.94 Å². The molecule has 0 bridgehead atoms. The van der Waals surface area contributed by atoms with Gasteiger partial charge in [0.2, 0.25) is 0 Å². The van der Waals surface area contributed by atoms with E-state index in [1.807, 2.05) is 0 Å². The Hall–Kier alpha value is 0.350. The molecule has 2 N–H and O–H groups in total. The van der Waals surface area contributed by atoms with Gasteiger partial charge in [-0.3, -0.25) is 0 Å². The van der Waals surface area contributed by atoms with Crippen molar-refractivity contribution in [1.82, 2.24) is 0 Å². The molecule has 0 atom stereocenters. The Morgan fingerprint density at radius 2 is 2.00 bits per heavy atom. The fourth-order valence-corrected chi connectivity index (χ4v) is 1.32. The molecule has 0 aromatic rings. The van der Waals surface area contributed by atoms with Crippen molar-refractivity contribution in [2.45, 2.75) is 25.7 Å². The highest BCUT2D eigenvalue weighted by atomic mass is 31.1. The van der Waals surface area contributed by atoms with Crippen LogP contribution in [0.1, 0.15) is 25.7 Å². The van der Waals surface area contributed by atoms with E-state index in [1.165, 1.54) is 19.3 Å². The third-order valence-electron chi connectivity index (χ3n) is 1.42. The zero-order chi connectivity index (χ0) is 9.23. The van der Waals surface area contributed by atoms with Crippen molar-refractivity contribution in [1.29, 1.82) is 0 Å². The first-order valence-corrected chi connectivity index (χ1v) is 6.37. The van der Waals surface area contributed by atoms with Crippen LogP contribution in [0.3, 0.4) is 0 Å². The van der Waals surface area contributed by atoms with E-state index in [0.29, 0.717) is 0 Å². The summed E-state index contributed by atoms with van der Waals surface area (Å²) in [6, 6.07) is 0. The first-order valence-electron chi connectivity index (χ1n) is 4.72. The number of nitrogens with two attached hydrogens (primary N) is 1. The molecule has 0 amide bonds. The van der Waals surface area contributed by atoms with Crippen molar-refractivity contribution in [3.63, 3.8) is 0 Å². The van der Waals surface area contributed by atoms with Gasteiger partial charge in [0.15, 0.2) is 0 Å². The second-order valence-electron chi connectivity index (χ2n) is 2.81. The van der Waals surface area contributed by atoms with Crippen LogP contribution in [0.5, 0.6) is 0 Å². The van der Waals surface area contributed by atoms with Crippen molar-refractivity contribution in [3.05, 3.63) is 0 Å². The Bertz CT molecular complexity index is 93.1. The highest BCUT2D eigenvalue weighted by molar-refractivity contribution is 7.50. The lowest BCUT2D eigenvalue weighted by molar-refractivity contribution is 0.340. The molecule has 0 aliphatic rings. The van der Waals surface area contributed by atoms with Crippen LogP contribution in [-0.2, 0) is 4.52 Å². The molecule has 0 saturated heterocycles. The lowest BCUT2D eigenvalue weighted by atomic mass is 10.2. The molecule has 0 fully saturated rings. The lowest BCUT2D eigenvalue weighted by Crippen LogP contribution is -1.98. The van der Waals surface area contributed by atoms with Gasteiger partial charge >= 0.3 is 0 Å². The third-order valence-corrected chi connectivity index (χ3v) is 2.12. The largest absolute Gasteiger partial charge is 0.360 e. The van der Waals surface area contributed by atoms with Crippen LogP contribution in [-0.4, -0.2) is 26.5 Å². The molecule has 0 aromatic heterocycles. The van der Waals surface area contributed by atoms with Crippen molar-refractivity contribution >= 4 is 8.15 Å². The van der Waals surface area contributed by atoms with Gasteiger partial charge in [-0.1, -0.05) is 12.8 Å². The summed E-state index contributed by atoms with van der Waals surface area (Å²) in [6.45, 7) is 5.97. The van der Waals surface area contributed by atoms with Gasteiger partial charge in [0.05, 0.1) is 6.61 Å². The monoisotopic (exact) mass is 179 g/mol. The predicted octanol–water partition coefficient (Wildman–Crippen LogP) is 2.18. The second-order valence-corrected chi connectivity index (χ2v) is 4.69. The van der Waals surface area contributed by atoms with Crippen LogP contribution in [0.25, 0.3) is 0 Å². The van der Waals surface area contributed by atoms with E-state index in [-0.39, 0.29) is 8.15 Å². The third kappa shape index (κ3) is 10.4. The molecule has 0 unspecified atom stereocenters. The summed E-state index contributed by atoms with van der Waals surface area (Å²) in [5.74, 6) is 0. The van der Waals surface area contributed by atoms with Crippen LogP contribution in [0.15, 0.2) is 0 Å². The second kappa shape index (κ2) is 8.45. The summed E-state index contributed by atoms with van der Waals surface area (Å²) < 4.78 is 12.2. The Morgan fingerprint density at radius 1 is 1.27 bits per heavy atom. The molecular formula is C8H20NOP. The molecule has 11 heavy (non-hydrogen) atoms. The maximum absolute atomic E-state index is 6.70. The standard InChI is InChI=1S/C8H20NOP/c1-11(2)10-8-6-4-3-5-7-9/h3-9H2,1-2H3/i/hT. The topological polar surface area (TPSA) is 35.2 Å². The predicted molar refractivity (Wildman–Crippen MR) is 52.2 cm³/mol. The Morgan fingerprint density at radius 3 is 2.64 bits per heavy atom. The summed E-state index contributed by atoms with van der Waals surface area (Å²) in [5, 5.41) is 0. The molecule has 68 valence electrons. The number of hydrogen-bond acceptors (Lipinski definition) is 2. The molecule has 0 spiro atoms. The maximum Gasteiger partial charge on any atom is 0.118 e. The van der Waals surface area contributed by atoms with Crippen molar-refractivity contribution in [3.8, 4) is 0 Å². The summed E-state index contributed by atoms with van der Waals surface area (Å²) in [6.07, 6.45) is 4.71. The van der Waals surface area contributed by atoms with Crippen LogP contribution in [0.2, 0.25) is 1.41 Å². The first kappa shape index (κ1) is 9.44. The fraction of sp³-hybridized carbons (Fsp3) is 1.00. The molecule has 2 nitrogen and oxygen atoms in total. The van der Waals surface area contributed by atoms with E-state index in [1.54, 1.807) is 0 Å². The minimum atomic E-state index is -0.170. The van der Waals surface area contributed by atoms with E-state index in [4.69, 9.17) is 5.94 Å². The molecular weight excluding hydrogens is 157 g/mol. The fourth-order valence-electron chi connectivity index (χ4n) is 0.828. The lowest BCUT2D eigenvalue weighted by Gasteiger charge is -2.06. The van der Waals surface area contributed by atoms with Crippen molar-refractivity contribution in [2.75, 3.05) is 26.5 Å². The molecule has 0 aliphatic heterocycles. The van der Waals surface area contributed by atoms with Gasteiger partial charge in [-0.25, -0.2) is 0 Å². The van der Waals surface area contributed by atoms with Crippen LogP contribution < -0.4 is 5.73 Å². The average Bonchev–Trinajstić information content (AvgIpc) is 2.02. The molecule has 3 heteroatoms. The first-order chi connectivity index (χ1) is 5.77. The number of rotatable bonds is 8. The van der Waals surface area contributed by atoms with Gasteiger partial charge in [-0.2, -0.15) is 0 Å². The van der Waals surface area contributed by atoms with E-state index in [0.717, 1.165) is 19.6 Å². The van der Waals surface area contributed by atoms with Gasteiger partial charge < -0.3 is 10.3 Å². The van der Waals surface area contributed by atoms with Gasteiger partial charge in [0.25, 0.3) is 0 Å². The van der Waals surface area contributed by atoms with Gasteiger partial charge in [-0.15, -0.1) is 0 Å². The minimum absolute atomic E-state index is 0.170. The van der Waals surface area contributed by atoms with Gasteiger partial charge in [0.1, 0.15) is 1.41 Å². The Kier molecular flexibility index (Phi) is 7.25. The van der Waals surface area contributed by atoms with Gasteiger partial charge in [0, 0.05) is 8.15 Å². The van der Waals surface area contributed by atoms with E-state index < -0.39 is 0 Å². The smallest absolute Gasteiger partial charge is 0.118 e. The maximum atomic E-state index is 6.70. The zero-order valence-corrected chi connectivity index (χ0v) is 8.49. The highest BCUT2D eigenvalue weighted by Crippen LogP contribution is 2.25. The van der Waals surface area contributed by atoms with Gasteiger partial charge in [-0.05, 0) is 32.7 Å². The van der Waals surface area contributed by atoms with E-state index >= 15 is 0 Å². The Balaban J connectivity index is 2.82. The number of unbranched alkanes of at least 4 members (excludes halogenated alkanes) is 3. The van der Waals surface area contributed by atoms with E-state index in [9.17, 15) is 0 Å². The minimum Gasteiger partial charge on any atom is -0.360 e. The zero-order valence-electron chi connectivity index (χ0n) is 8.60. The summed E-state index contributed by atoms with van der Waals surface area (Å²) >= 11 is 0. The van der Waals surface area contributed by atoms with Crippen molar-refractivity contribution in [2.24, 2.45) is 5.73 Å². The van der Waals surface area contributed by atoms with Crippen LogP contribution in [0, 0.1) is 0 Å². The quantitative estimate of drug-likeness (QED) is 0.458. The molecule has 0 heterocycles. The summed E-state index contributed by atoms with van der Waals surface area (Å²) in [5.41, 5.74) is 2.40. The molecule has 0 aromatic carbocycles. The highest BCUT2D eigenvalue weighted by Gasteiger charge is 1.92. The summed E-state index contributed by atoms with van der Waals surface area (Å²) in [4.78, 5) is 0. The molecule has 0 aliphatic carbocycles. The SMILES string of the molecule is [3H]NCCCCCCOP(C)C. The molecule has 0 rings (SSSR count). The summed E-state index contributed by atoms with van der Waals surface area (Å²) in [7, 11) is -0.170. The molecule has 0 radical (unpaired) electrons. The normalized spacial score (nSPS) is 12.1. The Labute approximate surface area is 72.8 Å². The van der Waals surface area contributed by atoms with Crippen LogP contribution >= 0.6 is 8.15 Å². The number of hydrogen-bond donors (Lipinski definition) is 1. The molecule has 0 saturated carbocycles. The average molecular weight is 179 g/mol.